The van der Waals surface area contributed by atoms with Gasteiger partial charge in [0, 0.05) is 32.1 Å². The van der Waals surface area contributed by atoms with Crippen LogP contribution in [0.1, 0.15) is 72.1 Å². The van der Waals surface area contributed by atoms with Gasteiger partial charge in [-0.2, -0.15) is 0 Å². The highest BCUT2D eigenvalue weighted by Crippen LogP contribution is 2.29. The number of aromatic nitrogens is 1. The average molecular weight is 467 g/mol. The van der Waals surface area contributed by atoms with Crippen LogP contribution in [0.2, 0.25) is 0 Å². The third-order valence-electron chi connectivity index (χ3n) is 7.05. The molecule has 4 rings (SSSR count). The number of anilines is 1. The van der Waals surface area contributed by atoms with Crippen molar-refractivity contribution < 1.29 is 11.0 Å². The number of amides is 2. The molecule has 1 aliphatic heterocycles. The topological polar surface area (TPSA) is 100 Å². The Hall–Kier alpha value is -2.67. The van der Waals surface area contributed by atoms with E-state index in [0.717, 1.165) is 48.4 Å². The molecule has 1 aromatic carbocycles. The van der Waals surface area contributed by atoms with Gasteiger partial charge in [-0.15, -0.1) is 0 Å². The molecule has 2 fully saturated rings. The van der Waals surface area contributed by atoms with E-state index in [1.54, 1.807) is 11.1 Å². The van der Waals surface area contributed by atoms with Crippen LogP contribution in [-0.4, -0.2) is 46.4 Å². The third-order valence-corrected chi connectivity index (χ3v) is 7.05. The van der Waals surface area contributed by atoms with Crippen LogP contribution >= 0.6 is 0 Å². The van der Waals surface area contributed by atoms with Gasteiger partial charge in [0.25, 0.3) is 0 Å². The largest absolute Gasteiger partial charge is 0.383 e. The first-order valence-corrected chi connectivity index (χ1v) is 12.7. The Bertz CT molecular complexity index is 1050. The maximum absolute atomic E-state index is 13.6. The Kier molecular flexibility index (Phi) is 7.59. The molecule has 34 heavy (non-hydrogen) atoms. The molecule has 1 aromatic heterocycles. The lowest BCUT2D eigenvalue weighted by Crippen LogP contribution is -2.54. The van der Waals surface area contributed by atoms with Crippen LogP contribution in [-0.2, 0) is 16.1 Å². The molecule has 2 aromatic rings. The second-order valence-electron chi connectivity index (χ2n) is 10.0. The van der Waals surface area contributed by atoms with Gasteiger partial charge in [0.05, 0.1) is 6.04 Å². The molecular formula is C27H39N5O2. The molecular weight excluding hydrogens is 426 g/mol. The minimum atomic E-state index is -0.563. The van der Waals surface area contributed by atoms with E-state index < -0.39 is 18.0 Å². The Labute approximate surface area is 204 Å². The lowest BCUT2D eigenvalue weighted by molar-refractivity contribution is -0.140. The molecule has 2 atom stereocenters. The van der Waals surface area contributed by atoms with Crippen molar-refractivity contribution in [3.05, 3.63) is 36.0 Å². The van der Waals surface area contributed by atoms with Crippen molar-refractivity contribution in [3.63, 3.8) is 0 Å². The molecule has 0 spiro atoms. The number of nitrogens with zero attached hydrogens (tertiary/aromatic N) is 2. The Morgan fingerprint density at radius 1 is 1.18 bits per heavy atom. The summed E-state index contributed by atoms with van der Waals surface area (Å²) in [4.78, 5) is 32.7. The van der Waals surface area contributed by atoms with Crippen molar-refractivity contribution in [1.29, 1.82) is 0 Å². The molecule has 7 heteroatoms. The van der Waals surface area contributed by atoms with Gasteiger partial charge >= 0.3 is 0 Å². The maximum atomic E-state index is 13.6. The van der Waals surface area contributed by atoms with E-state index in [2.05, 4.69) is 15.6 Å². The maximum Gasteiger partial charge on any atom is 0.243 e. The van der Waals surface area contributed by atoms with Crippen molar-refractivity contribution in [3.8, 4) is 0 Å². The number of nitrogens with one attached hydrogen (secondary N) is 2. The van der Waals surface area contributed by atoms with E-state index in [9.17, 15) is 9.59 Å². The van der Waals surface area contributed by atoms with E-state index in [1.807, 2.05) is 38.1 Å². The zero-order valence-corrected chi connectivity index (χ0v) is 20.5. The van der Waals surface area contributed by atoms with Gasteiger partial charge in [0.2, 0.25) is 11.8 Å². The van der Waals surface area contributed by atoms with Crippen LogP contribution in [0.15, 0.2) is 30.5 Å². The summed E-state index contributed by atoms with van der Waals surface area (Å²) >= 11 is 0. The van der Waals surface area contributed by atoms with Crippen LogP contribution in [0.4, 0.5) is 5.82 Å². The fraction of sp³-hybridized carbons (Fsp3) is 0.593. The summed E-state index contributed by atoms with van der Waals surface area (Å²) in [5, 5.41) is 8.32. The van der Waals surface area contributed by atoms with Crippen molar-refractivity contribution in [2.24, 2.45) is 5.89 Å². The summed E-state index contributed by atoms with van der Waals surface area (Å²) in [6.45, 7) is 5.03. The molecule has 4 N–H and O–H groups in total. The molecule has 1 aliphatic carbocycles. The standard InChI is InChI=1S/C27H39N5O2/c1-18(2)31-23(16-19-7-4-3-5-8-19)27(34)32-14-6-9-24(32)26(33)30-17-20-10-11-22-21(15-20)12-13-29-25(22)28/h10-13,15,18-19,23-24,31H,3-9,14,16-17H2,1-2H3,(H2,28,29)(H,30,33)/t23-,24-/m0/s1/i19D. The molecule has 184 valence electrons. The van der Waals surface area contributed by atoms with Crippen LogP contribution < -0.4 is 16.4 Å². The number of hydrogen-bond acceptors (Lipinski definition) is 5. The number of carbonyl (C=O) groups excluding carboxylic acids is 2. The number of nitrogen functional groups attached to an aromatic ring is 1. The number of benzene rings is 1. The average Bonchev–Trinajstić information content (AvgIpc) is 3.32. The molecule has 2 heterocycles. The van der Waals surface area contributed by atoms with Crippen molar-refractivity contribution in [2.45, 2.75) is 89.9 Å². The first-order chi connectivity index (χ1) is 16.8. The number of pyridine rings is 1. The summed E-state index contributed by atoms with van der Waals surface area (Å²) in [6.07, 6.45) is 8.62. The van der Waals surface area contributed by atoms with Crippen LogP contribution in [0.25, 0.3) is 10.8 Å². The van der Waals surface area contributed by atoms with Gasteiger partial charge < -0.3 is 21.3 Å². The zero-order valence-electron chi connectivity index (χ0n) is 21.5. The monoisotopic (exact) mass is 466 g/mol. The predicted molar refractivity (Wildman–Crippen MR) is 136 cm³/mol. The van der Waals surface area contributed by atoms with Crippen molar-refractivity contribution in [2.75, 3.05) is 12.3 Å². The van der Waals surface area contributed by atoms with Gasteiger partial charge in [-0.1, -0.05) is 58.1 Å². The lowest BCUT2D eigenvalue weighted by atomic mass is 9.84. The lowest BCUT2D eigenvalue weighted by Gasteiger charge is -2.32. The molecule has 1 saturated heterocycles. The van der Waals surface area contributed by atoms with E-state index in [-0.39, 0.29) is 17.9 Å². The second-order valence-corrected chi connectivity index (χ2v) is 10.0. The minimum absolute atomic E-state index is 0.0396. The number of rotatable bonds is 8. The predicted octanol–water partition coefficient (Wildman–Crippen LogP) is 3.76. The van der Waals surface area contributed by atoms with E-state index in [4.69, 9.17) is 7.10 Å². The van der Waals surface area contributed by atoms with Gasteiger partial charge in [-0.05, 0) is 48.2 Å². The van der Waals surface area contributed by atoms with E-state index >= 15 is 0 Å². The fourth-order valence-electron chi connectivity index (χ4n) is 5.34. The summed E-state index contributed by atoms with van der Waals surface area (Å²) in [5.41, 5.74) is 6.91. The Morgan fingerprint density at radius 3 is 2.74 bits per heavy atom. The molecule has 0 radical (unpaired) electrons. The number of hydrogen-bond donors (Lipinski definition) is 3. The Morgan fingerprint density at radius 2 is 1.97 bits per heavy atom. The zero-order chi connectivity index (χ0) is 25.0. The number of likely N-dealkylation sites (tertiary alicyclic amines) is 1. The molecule has 7 nitrogen and oxygen atoms in total. The fourth-order valence-corrected chi connectivity index (χ4v) is 5.34. The summed E-state index contributed by atoms with van der Waals surface area (Å²) in [7, 11) is 0. The van der Waals surface area contributed by atoms with Gasteiger partial charge in [-0.3, -0.25) is 9.59 Å². The second kappa shape index (κ2) is 11.2. The highest BCUT2D eigenvalue weighted by Gasteiger charge is 2.38. The number of nitrogens with two attached hydrogens (primary N) is 1. The number of carbonyl (C=O) groups is 2. The molecule has 2 amide bonds. The summed E-state index contributed by atoms with van der Waals surface area (Å²) in [5.74, 6) is -0.230. The van der Waals surface area contributed by atoms with Crippen LogP contribution in [0.3, 0.4) is 0 Å². The molecule has 1 saturated carbocycles. The van der Waals surface area contributed by atoms with Gasteiger partial charge in [0.15, 0.2) is 0 Å². The normalized spacial score (nSPS) is 21.4. The van der Waals surface area contributed by atoms with Gasteiger partial charge in [-0.25, -0.2) is 4.98 Å². The Balaban J connectivity index is 1.41. The third kappa shape index (κ3) is 5.87. The van der Waals surface area contributed by atoms with Crippen molar-refractivity contribution in [1.82, 2.24) is 20.5 Å². The van der Waals surface area contributed by atoms with Gasteiger partial charge in [0.1, 0.15) is 11.9 Å². The first kappa shape index (κ1) is 23.1. The smallest absolute Gasteiger partial charge is 0.243 e. The number of fused-ring (bicyclic) bond motifs is 1. The summed E-state index contributed by atoms with van der Waals surface area (Å²) < 4.78 is 8.92. The van der Waals surface area contributed by atoms with Crippen LogP contribution in [0.5, 0.6) is 0 Å². The molecule has 0 bridgehead atoms. The van der Waals surface area contributed by atoms with Crippen molar-refractivity contribution >= 4 is 28.4 Å². The first-order valence-electron chi connectivity index (χ1n) is 13.2. The highest BCUT2D eigenvalue weighted by molar-refractivity contribution is 5.92. The highest BCUT2D eigenvalue weighted by atomic mass is 16.2. The minimum Gasteiger partial charge on any atom is -0.383 e. The molecule has 0 unspecified atom stereocenters. The van der Waals surface area contributed by atoms with Crippen LogP contribution in [0, 0.1) is 5.89 Å². The molecule has 2 aliphatic rings. The van der Waals surface area contributed by atoms with E-state index in [0.29, 0.717) is 31.7 Å². The quantitative estimate of drug-likeness (QED) is 0.550. The van der Waals surface area contributed by atoms with E-state index in [1.165, 1.54) is 6.42 Å². The SMILES string of the molecule is [2H]C1(C[C@H](NC(C)C)C(=O)N2CCC[C@H]2C(=O)NCc2ccc3c(N)nccc3c2)CCCCC1. The summed E-state index contributed by atoms with van der Waals surface area (Å²) in [6, 6.07) is 7.01.